The van der Waals surface area contributed by atoms with Gasteiger partial charge in [0.05, 0.1) is 6.10 Å². The van der Waals surface area contributed by atoms with E-state index < -0.39 is 12.5 Å². The number of nitrogens with zero attached hydrogens (tertiary/aromatic N) is 1. The fourth-order valence-electron chi connectivity index (χ4n) is 1.48. The second kappa shape index (κ2) is 4.16. The van der Waals surface area contributed by atoms with Crippen LogP contribution in [0.5, 0.6) is 0 Å². The molecule has 0 saturated carbocycles. The largest absolute Gasteiger partial charge is 0.522 e. The van der Waals surface area contributed by atoms with Gasteiger partial charge in [-0.2, -0.15) is 0 Å². The van der Waals surface area contributed by atoms with E-state index in [2.05, 4.69) is 4.74 Å². The van der Waals surface area contributed by atoms with E-state index >= 15 is 0 Å². The molecule has 1 aliphatic rings. The van der Waals surface area contributed by atoms with E-state index in [1.165, 1.54) is 11.8 Å². The highest BCUT2D eigenvalue weighted by Gasteiger charge is 2.35. The van der Waals surface area contributed by atoms with Crippen molar-refractivity contribution >= 4 is 5.91 Å². The van der Waals surface area contributed by atoms with E-state index in [1.807, 2.05) is 0 Å². The molecule has 1 aliphatic heterocycles. The van der Waals surface area contributed by atoms with Crippen LogP contribution >= 0.6 is 0 Å². The van der Waals surface area contributed by atoms with Crippen molar-refractivity contribution in [1.82, 2.24) is 4.90 Å². The Bertz CT molecular complexity index is 209. The van der Waals surface area contributed by atoms with Crippen LogP contribution in [-0.4, -0.2) is 36.4 Å². The maximum absolute atomic E-state index is 11.8. The monoisotopic (exact) mass is 211 g/mol. The molecule has 0 aromatic heterocycles. The first-order valence-corrected chi connectivity index (χ1v) is 4.38. The van der Waals surface area contributed by atoms with Crippen LogP contribution in [0.25, 0.3) is 0 Å². The fourth-order valence-corrected chi connectivity index (χ4v) is 1.48. The highest BCUT2D eigenvalue weighted by molar-refractivity contribution is 5.73. The van der Waals surface area contributed by atoms with Crippen LogP contribution < -0.4 is 0 Å². The zero-order valence-electron chi connectivity index (χ0n) is 7.80. The average Bonchev–Trinajstić information content (AvgIpc) is 2.02. The number of hydrogen-bond donors (Lipinski definition) is 0. The van der Waals surface area contributed by atoms with Gasteiger partial charge in [-0.15, -0.1) is 13.2 Å². The lowest BCUT2D eigenvalue weighted by atomic mass is 10.1. The van der Waals surface area contributed by atoms with Gasteiger partial charge in [-0.1, -0.05) is 0 Å². The molecule has 0 unspecified atom stereocenters. The molecule has 3 nitrogen and oxygen atoms in total. The van der Waals surface area contributed by atoms with Crippen LogP contribution in [0.1, 0.15) is 19.8 Å². The maximum atomic E-state index is 11.8. The van der Waals surface area contributed by atoms with E-state index in [9.17, 15) is 18.0 Å². The van der Waals surface area contributed by atoms with Gasteiger partial charge < -0.3 is 4.90 Å². The van der Waals surface area contributed by atoms with Gasteiger partial charge in [0.15, 0.2) is 0 Å². The summed E-state index contributed by atoms with van der Waals surface area (Å²) < 4.78 is 39.2. The minimum absolute atomic E-state index is 0.101. The Morgan fingerprint density at radius 1 is 1.36 bits per heavy atom. The first-order chi connectivity index (χ1) is 6.38. The lowest BCUT2D eigenvalue weighted by Crippen LogP contribution is -2.41. The number of rotatable bonds is 1. The van der Waals surface area contributed by atoms with E-state index in [0.717, 1.165) is 0 Å². The molecule has 0 N–H and O–H groups in total. The Morgan fingerprint density at radius 3 is 2.21 bits per heavy atom. The van der Waals surface area contributed by atoms with Crippen LogP contribution in [0.15, 0.2) is 0 Å². The summed E-state index contributed by atoms with van der Waals surface area (Å²) in [7, 11) is 0. The summed E-state index contributed by atoms with van der Waals surface area (Å²) in [5.74, 6) is -0.101. The Labute approximate surface area is 79.8 Å². The van der Waals surface area contributed by atoms with Crippen molar-refractivity contribution in [2.24, 2.45) is 0 Å². The first-order valence-electron chi connectivity index (χ1n) is 4.38. The third kappa shape index (κ3) is 3.53. The van der Waals surface area contributed by atoms with Crippen LogP contribution in [0.4, 0.5) is 13.2 Å². The number of piperidine rings is 1. The first kappa shape index (κ1) is 11.3. The van der Waals surface area contributed by atoms with Crippen molar-refractivity contribution in [2.45, 2.75) is 32.2 Å². The molecule has 0 radical (unpaired) electrons. The number of halogens is 3. The fraction of sp³-hybridized carbons (Fsp3) is 0.875. The van der Waals surface area contributed by atoms with Crippen molar-refractivity contribution in [2.75, 3.05) is 13.1 Å². The summed E-state index contributed by atoms with van der Waals surface area (Å²) in [6.07, 6.45) is -4.87. The minimum Gasteiger partial charge on any atom is -0.343 e. The topological polar surface area (TPSA) is 29.5 Å². The van der Waals surface area contributed by atoms with Gasteiger partial charge in [0.2, 0.25) is 5.91 Å². The molecule has 0 spiro atoms. The molecule has 1 rings (SSSR count). The summed E-state index contributed by atoms with van der Waals surface area (Å²) in [6, 6.07) is 0. The minimum atomic E-state index is -4.57. The summed E-state index contributed by atoms with van der Waals surface area (Å²) in [5, 5.41) is 0. The number of amides is 1. The Balaban J connectivity index is 2.33. The summed E-state index contributed by atoms with van der Waals surface area (Å²) >= 11 is 0. The number of hydrogen-bond acceptors (Lipinski definition) is 2. The van der Waals surface area contributed by atoms with Gasteiger partial charge in [0, 0.05) is 20.0 Å². The van der Waals surface area contributed by atoms with Crippen molar-refractivity contribution in [3.63, 3.8) is 0 Å². The number of carbonyl (C=O) groups is 1. The zero-order valence-corrected chi connectivity index (χ0v) is 7.80. The highest BCUT2D eigenvalue weighted by Crippen LogP contribution is 2.24. The van der Waals surface area contributed by atoms with E-state index in [0.29, 0.717) is 13.1 Å². The predicted molar refractivity (Wildman–Crippen MR) is 42.4 cm³/mol. The molecule has 0 bridgehead atoms. The molecule has 82 valence electrons. The molecular weight excluding hydrogens is 199 g/mol. The molecule has 0 atom stereocenters. The third-order valence-corrected chi connectivity index (χ3v) is 2.19. The SMILES string of the molecule is CC(=O)N1CCC(OC(F)(F)F)CC1. The quantitative estimate of drug-likeness (QED) is 0.658. The summed E-state index contributed by atoms with van der Waals surface area (Å²) in [6.45, 7) is 2.09. The Morgan fingerprint density at radius 2 is 1.86 bits per heavy atom. The van der Waals surface area contributed by atoms with Crippen molar-refractivity contribution < 1.29 is 22.7 Å². The summed E-state index contributed by atoms with van der Waals surface area (Å²) in [5.41, 5.74) is 0. The second-order valence-corrected chi connectivity index (χ2v) is 3.27. The Kier molecular flexibility index (Phi) is 3.36. The van der Waals surface area contributed by atoms with Crippen LogP contribution in [-0.2, 0) is 9.53 Å². The highest BCUT2D eigenvalue weighted by atomic mass is 19.4. The van der Waals surface area contributed by atoms with Gasteiger partial charge in [0.1, 0.15) is 0 Å². The molecular formula is C8H12F3NO2. The molecule has 1 amide bonds. The van der Waals surface area contributed by atoms with Crippen molar-refractivity contribution in [3.05, 3.63) is 0 Å². The molecule has 1 fully saturated rings. The van der Waals surface area contributed by atoms with Gasteiger partial charge in [-0.05, 0) is 12.8 Å². The average molecular weight is 211 g/mol. The van der Waals surface area contributed by atoms with Gasteiger partial charge in [-0.25, -0.2) is 0 Å². The maximum Gasteiger partial charge on any atom is 0.522 e. The zero-order chi connectivity index (χ0) is 10.8. The van der Waals surface area contributed by atoms with Gasteiger partial charge in [0.25, 0.3) is 0 Å². The molecule has 1 heterocycles. The summed E-state index contributed by atoms with van der Waals surface area (Å²) in [4.78, 5) is 12.4. The third-order valence-electron chi connectivity index (χ3n) is 2.19. The van der Waals surface area contributed by atoms with Crippen molar-refractivity contribution in [1.29, 1.82) is 0 Å². The molecule has 6 heteroatoms. The molecule has 0 aromatic carbocycles. The Hall–Kier alpha value is -0.780. The molecule has 1 saturated heterocycles. The molecule has 0 aliphatic carbocycles. The van der Waals surface area contributed by atoms with E-state index in [1.54, 1.807) is 0 Å². The van der Waals surface area contributed by atoms with Gasteiger partial charge >= 0.3 is 6.36 Å². The lowest BCUT2D eigenvalue weighted by molar-refractivity contribution is -0.345. The van der Waals surface area contributed by atoms with Crippen LogP contribution in [0.2, 0.25) is 0 Å². The van der Waals surface area contributed by atoms with E-state index in [-0.39, 0.29) is 18.7 Å². The number of carbonyl (C=O) groups excluding carboxylic acids is 1. The number of ether oxygens (including phenoxy) is 1. The van der Waals surface area contributed by atoms with E-state index in [4.69, 9.17) is 0 Å². The molecule has 0 aromatic rings. The lowest BCUT2D eigenvalue weighted by Gasteiger charge is -2.31. The van der Waals surface area contributed by atoms with Crippen LogP contribution in [0.3, 0.4) is 0 Å². The number of likely N-dealkylation sites (tertiary alicyclic amines) is 1. The number of alkyl halides is 3. The van der Waals surface area contributed by atoms with Gasteiger partial charge in [-0.3, -0.25) is 9.53 Å². The smallest absolute Gasteiger partial charge is 0.343 e. The molecule has 14 heavy (non-hydrogen) atoms. The second-order valence-electron chi connectivity index (χ2n) is 3.27. The van der Waals surface area contributed by atoms with Crippen molar-refractivity contribution in [3.8, 4) is 0 Å². The van der Waals surface area contributed by atoms with Crippen LogP contribution in [0, 0.1) is 0 Å². The predicted octanol–water partition coefficient (Wildman–Crippen LogP) is 1.53. The standard InChI is InChI=1S/C8H12F3NO2/c1-6(13)12-4-2-7(3-5-12)14-8(9,10)11/h7H,2-5H2,1H3. The normalized spacial score (nSPS) is 19.9.